The fourth-order valence-electron chi connectivity index (χ4n) is 2.03. The van der Waals surface area contributed by atoms with E-state index >= 15 is 0 Å². The Bertz CT molecular complexity index is 414. The Balaban J connectivity index is 2.31. The second-order valence-electron chi connectivity index (χ2n) is 4.02. The van der Waals surface area contributed by atoms with Crippen molar-refractivity contribution in [2.45, 2.75) is 32.7 Å². The lowest BCUT2D eigenvalue weighted by Gasteiger charge is -2.34. The van der Waals surface area contributed by atoms with Gasteiger partial charge in [0.25, 0.3) is 0 Å². The van der Waals surface area contributed by atoms with Gasteiger partial charge in [0.2, 0.25) is 0 Å². The van der Waals surface area contributed by atoms with Crippen molar-refractivity contribution < 1.29 is 9.90 Å². The SMILES string of the molecule is Cc1nn(C2CCC2C(=O)O)c(C)c1Cl. The predicted molar refractivity (Wildman–Crippen MR) is 56.1 cm³/mol. The number of rotatable bonds is 2. The quantitative estimate of drug-likeness (QED) is 0.844. The lowest BCUT2D eigenvalue weighted by atomic mass is 9.79. The summed E-state index contributed by atoms with van der Waals surface area (Å²) in [4.78, 5) is 10.9. The Kier molecular flexibility index (Phi) is 2.46. The van der Waals surface area contributed by atoms with Gasteiger partial charge in [0.15, 0.2) is 0 Å². The molecule has 0 aromatic carbocycles. The molecule has 4 nitrogen and oxygen atoms in total. The van der Waals surface area contributed by atoms with E-state index in [1.54, 1.807) is 4.68 Å². The molecule has 1 N–H and O–H groups in total. The van der Waals surface area contributed by atoms with Crippen LogP contribution in [0.1, 0.15) is 30.3 Å². The highest BCUT2D eigenvalue weighted by molar-refractivity contribution is 6.31. The molecule has 1 aromatic rings. The number of carboxylic acid groups (broad SMARTS) is 1. The predicted octanol–water partition coefficient (Wildman–Crippen LogP) is 2.19. The summed E-state index contributed by atoms with van der Waals surface area (Å²) in [6.07, 6.45) is 1.60. The molecule has 82 valence electrons. The molecule has 1 heterocycles. The van der Waals surface area contributed by atoms with Gasteiger partial charge in [-0.15, -0.1) is 0 Å². The van der Waals surface area contributed by atoms with E-state index < -0.39 is 5.97 Å². The van der Waals surface area contributed by atoms with Crippen molar-refractivity contribution in [3.05, 3.63) is 16.4 Å². The number of nitrogens with zero attached hydrogens (tertiary/aromatic N) is 2. The third-order valence-corrected chi connectivity index (χ3v) is 3.65. The molecule has 2 atom stereocenters. The van der Waals surface area contributed by atoms with Gasteiger partial charge in [0, 0.05) is 0 Å². The Labute approximate surface area is 92.8 Å². The van der Waals surface area contributed by atoms with Crippen LogP contribution in [-0.4, -0.2) is 20.9 Å². The van der Waals surface area contributed by atoms with Crippen LogP contribution < -0.4 is 0 Å². The number of carbonyl (C=O) groups is 1. The molecule has 15 heavy (non-hydrogen) atoms. The van der Waals surface area contributed by atoms with E-state index in [9.17, 15) is 4.79 Å². The average Bonchev–Trinajstić information content (AvgIpc) is 2.31. The van der Waals surface area contributed by atoms with Crippen molar-refractivity contribution in [3.63, 3.8) is 0 Å². The summed E-state index contributed by atoms with van der Waals surface area (Å²) in [6, 6.07) is -0.0197. The fourth-order valence-corrected chi connectivity index (χ4v) is 2.15. The zero-order valence-corrected chi connectivity index (χ0v) is 9.45. The van der Waals surface area contributed by atoms with E-state index in [2.05, 4.69) is 5.10 Å². The molecule has 1 aliphatic rings. The normalized spacial score (nSPS) is 25.0. The van der Waals surface area contributed by atoms with E-state index in [1.807, 2.05) is 13.8 Å². The van der Waals surface area contributed by atoms with Gasteiger partial charge in [-0.3, -0.25) is 9.48 Å². The summed E-state index contributed by atoms with van der Waals surface area (Å²) >= 11 is 6.02. The summed E-state index contributed by atoms with van der Waals surface area (Å²) < 4.78 is 1.76. The van der Waals surface area contributed by atoms with Crippen LogP contribution >= 0.6 is 11.6 Å². The van der Waals surface area contributed by atoms with Crippen LogP contribution in [0.15, 0.2) is 0 Å². The molecule has 0 spiro atoms. The van der Waals surface area contributed by atoms with Crippen molar-refractivity contribution in [2.24, 2.45) is 5.92 Å². The molecule has 1 aliphatic carbocycles. The molecule has 0 saturated heterocycles. The number of hydrogen-bond donors (Lipinski definition) is 1. The van der Waals surface area contributed by atoms with Crippen molar-refractivity contribution in [3.8, 4) is 0 Å². The molecule has 5 heteroatoms. The number of carboxylic acids is 1. The van der Waals surface area contributed by atoms with Crippen LogP contribution in [0.3, 0.4) is 0 Å². The molecule has 1 saturated carbocycles. The lowest BCUT2D eigenvalue weighted by molar-refractivity contribution is -0.147. The molecule has 1 aromatic heterocycles. The van der Waals surface area contributed by atoms with E-state index in [4.69, 9.17) is 16.7 Å². The Hall–Kier alpha value is -1.03. The van der Waals surface area contributed by atoms with Crippen molar-refractivity contribution >= 4 is 17.6 Å². The molecule has 0 radical (unpaired) electrons. The highest BCUT2D eigenvalue weighted by atomic mass is 35.5. The minimum absolute atomic E-state index is 0.0197. The van der Waals surface area contributed by atoms with Crippen molar-refractivity contribution in [1.29, 1.82) is 0 Å². The zero-order chi connectivity index (χ0) is 11.2. The third-order valence-electron chi connectivity index (χ3n) is 3.11. The molecule has 0 amide bonds. The first-order valence-corrected chi connectivity index (χ1v) is 5.34. The van der Waals surface area contributed by atoms with Crippen LogP contribution in [0.4, 0.5) is 0 Å². The number of hydrogen-bond acceptors (Lipinski definition) is 2. The Morgan fingerprint density at radius 1 is 1.53 bits per heavy atom. The van der Waals surface area contributed by atoms with Crippen LogP contribution in [0.2, 0.25) is 5.02 Å². The third kappa shape index (κ3) is 1.53. The molecule has 2 unspecified atom stereocenters. The second-order valence-corrected chi connectivity index (χ2v) is 4.40. The maximum absolute atomic E-state index is 10.9. The van der Waals surface area contributed by atoms with E-state index in [-0.39, 0.29) is 12.0 Å². The standard InChI is InChI=1S/C10H13ClN2O2/c1-5-9(11)6(2)13(12-5)8-4-3-7(8)10(14)15/h7-8H,3-4H2,1-2H3,(H,14,15). The summed E-state index contributed by atoms with van der Waals surface area (Å²) in [7, 11) is 0. The van der Waals surface area contributed by atoms with E-state index in [0.717, 1.165) is 24.2 Å². The van der Waals surface area contributed by atoms with E-state index in [0.29, 0.717) is 5.02 Å². The van der Waals surface area contributed by atoms with Gasteiger partial charge in [0.05, 0.1) is 28.4 Å². The Morgan fingerprint density at radius 2 is 2.20 bits per heavy atom. The molecular weight excluding hydrogens is 216 g/mol. The second kappa shape index (κ2) is 3.52. The first kappa shape index (κ1) is 10.5. The van der Waals surface area contributed by atoms with Gasteiger partial charge < -0.3 is 5.11 Å². The smallest absolute Gasteiger partial charge is 0.308 e. The Morgan fingerprint density at radius 3 is 2.53 bits per heavy atom. The van der Waals surface area contributed by atoms with Gasteiger partial charge in [-0.1, -0.05) is 11.6 Å². The number of aromatic nitrogens is 2. The maximum Gasteiger partial charge on any atom is 0.308 e. The van der Waals surface area contributed by atoms with Crippen molar-refractivity contribution in [2.75, 3.05) is 0 Å². The minimum Gasteiger partial charge on any atom is -0.481 e. The molecule has 1 fully saturated rings. The van der Waals surface area contributed by atoms with Gasteiger partial charge in [-0.25, -0.2) is 0 Å². The highest BCUT2D eigenvalue weighted by Gasteiger charge is 2.39. The first-order valence-electron chi connectivity index (χ1n) is 4.96. The van der Waals surface area contributed by atoms with Crippen LogP contribution in [0.25, 0.3) is 0 Å². The molecule has 2 rings (SSSR count). The molecule has 0 aliphatic heterocycles. The number of aryl methyl sites for hydroxylation is 1. The van der Waals surface area contributed by atoms with E-state index in [1.165, 1.54) is 0 Å². The van der Waals surface area contributed by atoms with Gasteiger partial charge in [-0.05, 0) is 26.7 Å². The zero-order valence-electron chi connectivity index (χ0n) is 8.70. The van der Waals surface area contributed by atoms with Crippen LogP contribution in [0, 0.1) is 19.8 Å². The first-order chi connectivity index (χ1) is 7.02. The topological polar surface area (TPSA) is 55.1 Å². The highest BCUT2D eigenvalue weighted by Crippen LogP contribution is 2.40. The fraction of sp³-hybridized carbons (Fsp3) is 0.600. The summed E-state index contributed by atoms with van der Waals surface area (Å²) in [5.41, 5.74) is 1.63. The van der Waals surface area contributed by atoms with Crippen LogP contribution in [0.5, 0.6) is 0 Å². The average molecular weight is 229 g/mol. The maximum atomic E-state index is 10.9. The summed E-state index contributed by atoms with van der Waals surface area (Å²) in [5.74, 6) is -1.05. The molecule has 0 bridgehead atoms. The van der Waals surface area contributed by atoms with Crippen LogP contribution in [-0.2, 0) is 4.79 Å². The summed E-state index contributed by atoms with van der Waals surface area (Å²) in [6.45, 7) is 3.71. The van der Waals surface area contributed by atoms with Crippen molar-refractivity contribution in [1.82, 2.24) is 9.78 Å². The number of halogens is 1. The minimum atomic E-state index is -0.741. The molecular formula is C10H13ClN2O2. The summed E-state index contributed by atoms with van der Waals surface area (Å²) in [5, 5.41) is 13.9. The largest absolute Gasteiger partial charge is 0.481 e. The van der Waals surface area contributed by atoms with Gasteiger partial charge >= 0.3 is 5.97 Å². The van der Waals surface area contributed by atoms with Gasteiger partial charge in [0.1, 0.15) is 0 Å². The monoisotopic (exact) mass is 228 g/mol. The lowest BCUT2D eigenvalue weighted by Crippen LogP contribution is -2.35. The number of aliphatic carboxylic acids is 1. The van der Waals surface area contributed by atoms with Gasteiger partial charge in [-0.2, -0.15) is 5.10 Å².